The van der Waals surface area contributed by atoms with E-state index in [-0.39, 0.29) is 56.3 Å². The number of benzene rings is 4. The molecular weight excluding hydrogens is 854 g/mol. The molecule has 2 saturated heterocycles. The Morgan fingerprint density at radius 2 is 1.07 bits per heavy atom. The van der Waals surface area contributed by atoms with Gasteiger partial charge in [-0.05, 0) is 105 Å². The van der Waals surface area contributed by atoms with Crippen molar-refractivity contribution in [1.82, 2.24) is 20.9 Å². The SMILES string of the molecule is CN1CCC(Oc2ccc(C[C@H](NC(=O)c3c(Cl)cccc3Cl)C(=O)O)cc2)CC1.COC(=O)[C@H](Cc1ccc(OC2CCNCC2)cc1)NC(=O)c1c(Cl)cccc1Cl. The lowest BCUT2D eigenvalue weighted by Crippen LogP contribution is -2.43. The standard InChI is InChI=1S/2C22H24Cl2N2O4/c1-26-11-9-16(10-12-26)30-15-7-5-14(6-8-15)13-19(22(28)29)25-21(27)20-17(23)3-2-4-18(20)24;1-29-22(28)19(26-21(27)20-17(23)3-2-4-18(20)24)13-14-5-7-15(8-6-14)30-16-9-11-25-12-10-16/h2-8,16,19H,9-13H2,1H3,(H,25,27)(H,28,29);2-8,16,19,25H,9-13H2,1H3,(H,26,27)/t2*19-/m00/s1. The van der Waals surface area contributed by atoms with Crippen molar-refractivity contribution < 1.29 is 38.5 Å². The van der Waals surface area contributed by atoms with Crippen molar-refractivity contribution in [2.75, 3.05) is 40.3 Å². The van der Waals surface area contributed by atoms with E-state index in [2.05, 4.69) is 27.9 Å². The highest BCUT2D eigenvalue weighted by Crippen LogP contribution is 2.26. The summed E-state index contributed by atoms with van der Waals surface area (Å²) >= 11 is 24.3. The molecule has 0 radical (unpaired) electrons. The van der Waals surface area contributed by atoms with Gasteiger partial charge in [0.2, 0.25) is 0 Å². The van der Waals surface area contributed by atoms with Crippen molar-refractivity contribution in [3.8, 4) is 11.5 Å². The molecule has 4 N–H and O–H groups in total. The highest BCUT2D eigenvalue weighted by Gasteiger charge is 2.26. The van der Waals surface area contributed by atoms with Gasteiger partial charge in [-0.3, -0.25) is 9.59 Å². The molecule has 2 amide bonds. The first-order valence-corrected chi connectivity index (χ1v) is 21.0. The number of ether oxygens (including phenoxy) is 3. The summed E-state index contributed by atoms with van der Waals surface area (Å²) in [6.07, 6.45) is 4.70. The third kappa shape index (κ3) is 13.7. The van der Waals surface area contributed by atoms with Crippen molar-refractivity contribution in [3.63, 3.8) is 0 Å². The van der Waals surface area contributed by atoms with Gasteiger partial charge < -0.3 is 40.2 Å². The number of carboxylic acids is 1. The highest BCUT2D eigenvalue weighted by molar-refractivity contribution is 6.40. The first-order chi connectivity index (χ1) is 28.8. The molecule has 4 aromatic rings. The smallest absolute Gasteiger partial charge is 0.328 e. The van der Waals surface area contributed by atoms with E-state index in [0.717, 1.165) is 74.5 Å². The van der Waals surface area contributed by atoms with Gasteiger partial charge in [-0.1, -0.05) is 82.8 Å². The number of halogens is 4. The second-order valence-corrected chi connectivity index (χ2v) is 16.1. The highest BCUT2D eigenvalue weighted by atomic mass is 35.5. The molecule has 4 aromatic carbocycles. The lowest BCUT2D eigenvalue weighted by molar-refractivity contribution is -0.143. The van der Waals surface area contributed by atoms with Crippen LogP contribution in [0.15, 0.2) is 84.9 Å². The summed E-state index contributed by atoms with van der Waals surface area (Å²) in [7, 11) is 3.38. The maximum absolute atomic E-state index is 12.7. The number of piperidine rings is 2. The molecule has 0 unspecified atom stereocenters. The van der Waals surface area contributed by atoms with Gasteiger partial charge >= 0.3 is 11.9 Å². The van der Waals surface area contributed by atoms with Crippen LogP contribution in [0.5, 0.6) is 11.5 Å². The molecule has 2 aliphatic heterocycles. The Balaban J connectivity index is 0.000000228. The molecule has 6 rings (SSSR count). The van der Waals surface area contributed by atoms with Crippen LogP contribution in [0.25, 0.3) is 0 Å². The summed E-state index contributed by atoms with van der Waals surface area (Å²) < 4.78 is 16.9. The Kier molecular flexibility index (Phi) is 17.7. The molecule has 0 bridgehead atoms. The minimum absolute atomic E-state index is 0.0639. The van der Waals surface area contributed by atoms with E-state index in [1.807, 2.05) is 48.5 Å². The minimum atomic E-state index is -1.14. The monoisotopic (exact) mass is 900 g/mol. The van der Waals surface area contributed by atoms with Crippen molar-refractivity contribution in [1.29, 1.82) is 0 Å². The molecule has 2 aliphatic rings. The maximum Gasteiger partial charge on any atom is 0.328 e. The molecule has 2 fully saturated rings. The van der Waals surface area contributed by atoms with Gasteiger partial charge in [0.05, 0.1) is 38.3 Å². The van der Waals surface area contributed by atoms with E-state index in [9.17, 15) is 24.3 Å². The summed E-state index contributed by atoms with van der Waals surface area (Å²) in [4.78, 5) is 51.4. The third-order valence-electron chi connectivity index (χ3n) is 10.1. The second kappa shape index (κ2) is 22.9. The molecule has 320 valence electrons. The number of likely N-dealkylation sites (tertiary alicyclic amines) is 1. The Morgan fingerprint density at radius 3 is 1.48 bits per heavy atom. The zero-order valence-corrected chi connectivity index (χ0v) is 36.3. The zero-order valence-electron chi connectivity index (χ0n) is 33.2. The van der Waals surface area contributed by atoms with Crippen molar-refractivity contribution in [3.05, 3.63) is 127 Å². The maximum atomic E-state index is 12.7. The Labute approximate surface area is 369 Å². The van der Waals surface area contributed by atoms with E-state index in [1.165, 1.54) is 19.2 Å². The Bertz CT molecular complexity index is 2040. The number of esters is 1. The number of rotatable bonds is 14. The number of nitrogens with one attached hydrogen (secondary N) is 3. The number of hydrogen-bond acceptors (Lipinski definition) is 9. The van der Waals surface area contributed by atoms with E-state index in [0.29, 0.717) is 0 Å². The molecule has 2 heterocycles. The van der Waals surface area contributed by atoms with Crippen LogP contribution >= 0.6 is 46.4 Å². The molecule has 12 nitrogen and oxygen atoms in total. The van der Waals surface area contributed by atoms with E-state index in [4.69, 9.17) is 60.6 Å². The van der Waals surface area contributed by atoms with Crippen molar-refractivity contribution in [2.45, 2.75) is 62.8 Å². The normalized spacial score (nSPS) is 15.7. The van der Waals surface area contributed by atoms with Gasteiger partial charge in [-0.2, -0.15) is 0 Å². The quantitative estimate of drug-likeness (QED) is 0.0934. The summed E-state index contributed by atoms with van der Waals surface area (Å²) in [6, 6.07) is 22.2. The molecule has 16 heteroatoms. The molecule has 60 heavy (non-hydrogen) atoms. The third-order valence-corrected chi connectivity index (χ3v) is 11.3. The number of nitrogens with zero attached hydrogens (tertiary/aromatic N) is 1. The first kappa shape index (κ1) is 46.5. The number of carbonyl (C=O) groups excluding carboxylic acids is 3. The lowest BCUT2D eigenvalue weighted by Gasteiger charge is -2.29. The average molecular weight is 903 g/mol. The molecule has 0 saturated carbocycles. The van der Waals surface area contributed by atoms with Crippen LogP contribution in [0, 0.1) is 0 Å². The van der Waals surface area contributed by atoms with Crippen LogP contribution in [0.4, 0.5) is 0 Å². The van der Waals surface area contributed by atoms with E-state index in [1.54, 1.807) is 24.3 Å². The first-order valence-electron chi connectivity index (χ1n) is 19.5. The number of aliphatic carboxylic acids is 1. The van der Waals surface area contributed by atoms with Crippen LogP contribution in [0.2, 0.25) is 20.1 Å². The van der Waals surface area contributed by atoms with Crippen molar-refractivity contribution >= 4 is 70.2 Å². The summed E-state index contributed by atoms with van der Waals surface area (Å²) in [5.74, 6) is -1.31. The van der Waals surface area contributed by atoms with Crippen LogP contribution in [0.1, 0.15) is 57.5 Å². The number of hydrogen-bond donors (Lipinski definition) is 4. The molecular formula is C44H48Cl4N4O8. The fraction of sp³-hybridized carbons (Fsp3) is 0.364. The van der Waals surface area contributed by atoms with Crippen LogP contribution in [0.3, 0.4) is 0 Å². The Morgan fingerprint density at radius 1 is 0.667 bits per heavy atom. The number of amides is 2. The number of methoxy groups -OCH3 is 1. The van der Waals surface area contributed by atoms with E-state index >= 15 is 0 Å². The fourth-order valence-electron chi connectivity index (χ4n) is 6.71. The summed E-state index contributed by atoms with van der Waals surface area (Å²) in [6.45, 7) is 3.94. The van der Waals surface area contributed by atoms with Crippen molar-refractivity contribution in [2.24, 2.45) is 0 Å². The molecule has 0 spiro atoms. The van der Waals surface area contributed by atoms with Gasteiger partial charge in [0.15, 0.2) is 0 Å². The zero-order chi connectivity index (χ0) is 43.2. The van der Waals surface area contributed by atoms with Crippen LogP contribution in [-0.4, -0.2) is 98.4 Å². The lowest BCUT2D eigenvalue weighted by atomic mass is 10.0. The summed E-state index contributed by atoms with van der Waals surface area (Å²) in [5, 5.41) is 18.8. The fourth-order valence-corrected chi connectivity index (χ4v) is 7.84. The predicted octanol–water partition coefficient (Wildman–Crippen LogP) is 7.53. The topological polar surface area (TPSA) is 156 Å². The van der Waals surface area contributed by atoms with Gasteiger partial charge in [0.1, 0.15) is 35.8 Å². The largest absolute Gasteiger partial charge is 0.490 e. The van der Waals surface area contributed by atoms with Crippen LogP contribution in [-0.2, 0) is 27.2 Å². The molecule has 0 aliphatic carbocycles. The van der Waals surface area contributed by atoms with Gasteiger partial charge in [-0.25, -0.2) is 9.59 Å². The predicted molar refractivity (Wildman–Crippen MR) is 233 cm³/mol. The van der Waals surface area contributed by atoms with E-state index < -0.39 is 35.8 Å². The summed E-state index contributed by atoms with van der Waals surface area (Å²) in [5.41, 5.74) is 1.81. The van der Waals surface area contributed by atoms with Gasteiger partial charge in [0.25, 0.3) is 11.8 Å². The Hall–Kier alpha value is -4.56. The average Bonchev–Trinajstić information content (AvgIpc) is 3.22. The second-order valence-electron chi connectivity index (χ2n) is 14.5. The number of carbonyl (C=O) groups is 4. The minimum Gasteiger partial charge on any atom is -0.490 e. The van der Waals surface area contributed by atoms with Gasteiger partial charge in [-0.15, -0.1) is 0 Å². The van der Waals surface area contributed by atoms with Gasteiger partial charge in [0, 0.05) is 25.9 Å². The van der Waals surface area contributed by atoms with Crippen LogP contribution < -0.4 is 25.4 Å². The number of carboxylic acid groups (broad SMARTS) is 1. The molecule has 0 aromatic heterocycles. The molecule has 2 atom stereocenters.